The van der Waals surface area contributed by atoms with Crippen molar-refractivity contribution in [2.75, 3.05) is 11.1 Å². The fourth-order valence-corrected chi connectivity index (χ4v) is 1.76. The number of hydrogen-bond donors (Lipinski definition) is 1. The minimum Gasteiger partial charge on any atom is -0.398 e. The van der Waals surface area contributed by atoms with Crippen molar-refractivity contribution in [1.82, 2.24) is 0 Å². The molecular weight excluding hydrogens is 190 g/mol. The van der Waals surface area contributed by atoms with Crippen LogP contribution in [0, 0.1) is 0 Å². The molecule has 0 fully saturated rings. The van der Waals surface area contributed by atoms with Crippen molar-refractivity contribution >= 4 is 22.7 Å². The molecular formula is C8H7NO3S. The van der Waals surface area contributed by atoms with E-state index in [1.165, 1.54) is 0 Å². The zero-order chi connectivity index (χ0) is 9.26. The molecule has 4 nitrogen and oxygen atoms in total. The van der Waals surface area contributed by atoms with E-state index < -0.39 is 11.1 Å². The smallest absolute Gasteiger partial charge is 0.240 e. The Morgan fingerprint density at radius 2 is 2.15 bits per heavy atom. The van der Waals surface area contributed by atoms with Gasteiger partial charge in [0.25, 0.3) is 0 Å². The maximum atomic E-state index is 11.1. The Balaban J connectivity index is 2.43. The molecule has 1 aromatic carbocycles. The van der Waals surface area contributed by atoms with Gasteiger partial charge in [0.15, 0.2) is 5.75 Å². The van der Waals surface area contributed by atoms with E-state index in [4.69, 9.17) is 4.18 Å². The summed E-state index contributed by atoms with van der Waals surface area (Å²) in [4.78, 5) is 11.1. The first-order valence-corrected chi connectivity index (χ1v) is 4.96. The fraction of sp³-hybridized carbons (Fsp3) is 0.125. The highest BCUT2D eigenvalue weighted by Gasteiger charge is 2.18. The van der Waals surface area contributed by atoms with E-state index in [-0.39, 0.29) is 11.7 Å². The highest BCUT2D eigenvalue weighted by atomic mass is 32.2. The molecule has 0 radical (unpaired) electrons. The van der Waals surface area contributed by atoms with Gasteiger partial charge in [-0.15, -0.1) is 0 Å². The lowest BCUT2D eigenvalue weighted by Gasteiger charge is -2.02. The summed E-state index contributed by atoms with van der Waals surface area (Å²) in [5.41, 5.74) is 0.568. The number of amides is 1. The van der Waals surface area contributed by atoms with Gasteiger partial charge in [-0.05, 0) is 12.1 Å². The van der Waals surface area contributed by atoms with Gasteiger partial charge >= 0.3 is 0 Å². The fourth-order valence-electron chi connectivity index (χ4n) is 1.07. The average molecular weight is 197 g/mol. The molecule has 13 heavy (non-hydrogen) atoms. The lowest BCUT2D eigenvalue weighted by atomic mass is 10.3. The van der Waals surface area contributed by atoms with E-state index in [0.717, 1.165) is 0 Å². The summed E-state index contributed by atoms with van der Waals surface area (Å²) in [7, 11) is 0. The lowest BCUT2D eigenvalue weighted by molar-refractivity contribution is -0.113. The van der Waals surface area contributed by atoms with Crippen LogP contribution in [0.4, 0.5) is 5.69 Å². The third-order valence-electron chi connectivity index (χ3n) is 1.59. The largest absolute Gasteiger partial charge is 0.398 e. The van der Waals surface area contributed by atoms with Crippen LogP contribution >= 0.6 is 0 Å². The van der Waals surface area contributed by atoms with E-state index in [1.807, 2.05) is 0 Å². The first-order valence-electron chi connectivity index (χ1n) is 3.71. The Kier molecular flexibility index (Phi) is 2.02. The van der Waals surface area contributed by atoms with Crippen molar-refractivity contribution < 1.29 is 13.2 Å². The molecule has 1 unspecified atom stereocenters. The molecule has 1 aromatic rings. The van der Waals surface area contributed by atoms with Crippen LogP contribution in [0.3, 0.4) is 0 Å². The van der Waals surface area contributed by atoms with E-state index >= 15 is 0 Å². The molecule has 0 bridgehead atoms. The van der Waals surface area contributed by atoms with E-state index in [1.54, 1.807) is 24.3 Å². The van der Waals surface area contributed by atoms with Crippen LogP contribution in [0.2, 0.25) is 0 Å². The second-order valence-electron chi connectivity index (χ2n) is 2.58. The Morgan fingerprint density at radius 1 is 1.38 bits per heavy atom. The van der Waals surface area contributed by atoms with Crippen LogP contribution in [0.5, 0.6) is 5.75 Å². The number of rotatable bonds is 0. The van der Waals surface area contributed by atoms with Gasteiger partial charge in [0.2, 0.25) is 17.0 Å². The minimum atomic E-state index is -1.56. The molecule has 1 aliphatic heterocycles. The highest BCUT2D eigenvalue weighted by molar-refractivity contribution is 7.81. The third kappa shape index (κ3) is 1.70. The van der Waals surface area contributed by atoms with Crippen LogP contribution in [0.25, 0.3) is 0 Å². The van der Waals surface area contributed by atoms with Gasteiger partial charge in [0, 0.05) is 0 Å². The predicted molar refractivity (Wildman–Crippen MR) is 48.7 cm³/mol. The van der Waals surface area contributed by atoms with Crippen molar-refractivity contribution in [2.45, 2.75) is 0 Å². The van der Waals surface area contributed by atoms with E-state index in [2.05, 4.69) is 5.32 Å². The molecule has 5 heteroatoms. The maximum Gasteiger partial charge on any atom is 0.240 e. The summed E-state index contributed by atoms with van der Waals surface area (Å²) in [6.07, 6.45) is 0. The Labute approximate surface area is 77.6 Å². The standard InChI is InChI=1S/C8H7NO3S/c10-8-5-13(11)12-7-4-2-1-3-6(7)9-8/h1-4H,5H2,(H,9,10). The molecule has 1 atom stereocenters. The zero-order valence-electron chi connectivity index (χ0n) is 6.65. The lowest BCUT2D eigenvalue weighted by Crippen LogP contribution is -2.17. The summed E-state index contributed by atoms with van der Waals surface area (Å²) < 4.78 is 16.1. The molecule has 0 spiro atoms. The first-order chi connectivity index (χ1) is 6.25. The maximum absolute atomic E-state index is 11.1. The normalized spacial score (nSPS) is 20.9. The molecule has 1 N–H and O–H groups in total. The summed E-state index contributed by atoms with van der Waals surface area (Å²) >= 11 is -1.56. The van der Waals surface area contributed by atoms with Crippen molar-refractivity contribution in [3.05, 3.63) is 24.3 Å². The molecule has 1 aliphatic rings. The van der Waals surface area contributed by atoms with Gasteiger partial charge in [0.1, 0.15) is 5.75 Å². The number of carbonyl (C=O) groups excluding carboxylic acids is 1. The predicted octanol–water partition coefficient (Wildman–Crippen LogP) is 0.681. The van der Waals surface area contributed by atoms with Crippen LogP contribution in [0.15, 0.2) is 24.3 Å². The Bertz CT molecular complexity index is 342. The van der Waals surface area contributed by atoms with Gasteiger partial charge in [-0.25, -0.2) is 4.21 Å². The Morgan fingerprint density at radius 3 is 3.00 bits per heavy atom. The number of anilines is 1. The molecule has 2 rings (SSSR count). The molecule has 0 aliphatic carbocycles. The highest BCUT2D eigenvalue weighted by Crippen LogP contribution is 2.26. The quantitative estimate of drug-likeness (QED) is 0.665. The monoisotopic (exact) mass is 197 g/mol. The number of fused-ring (bicyclic) bond motifs is 1. The second kappa shape index (κ2) is 3.18. The van der Waals surface area contributed by atoms with Crippen molar-refractivity contribution in [3.63, 3.8) is 0 Å². The van der Waals surface area contributed by atoms with Crippen LogP contribution < -0.4 is 9.50 Å². The van der Waals surface area contributed by atoms with Crippen LogP contribution in [-0.2, 0) is 15.9 Å². The second-order valence-corrected chi connectivity index (χ2v) is 3.64. The van der Waals surface area contributed by atoms with Gasteiger partial charge in [-0.3, -0.25) is 4.79 Å². The number of para-hydroxylation sites is 2. The van der Waals surface area contributed by atoms with Gasteiger partial charge in [-0.2, -0.15) is 0 Å². The zero-order valence-corrected chi connectivity index (χ0v) is 7.47. The topological polar surface area (TPSA) is 55.4 Å². The number of nitrogens with one attached hydrogen (secondary N) is 1. The molecule has 0 saturated heterocycles. The average Bonchev–Trinajstić information content (AvgIpc) is 2.20. The number of hydrogen-bond acceptors (Lipinski definition) is 3. The van der Waals surface area contributed by atoms with Gasteiger partial charge < -0.3 is 9.50 Å². The van der Waals surface area contributed by atoms with Gasteiger partial charge in [0.05, 0.1) is 5.69 Å². The van der Waals surface area contributed by atoms with E-state index in [9.17, 15) is 9.00 Å². The Hall–Kier alpha value is -1.36. The van der Waals surface area contributed by atoms with Crippen molar-refractivity contribution in [3.8, 4) is 5.75 Å². The molecule has 1 amide bonds. The summed E-state index contributed by atoms with van der Waals surface area (Å²) in [5, 5.41) is 2.60. The van der Waals surface area contributed by atoms with E-state index in [0.29, 0.717) is 11.4 Å². The summed E-state index contributed by atoms with van der Waals surface area (Å²) in [6.45, 7) is 0. The van der Waals surface area contributed by atoms with Crippen molar-refractivity contribution in [2.24, 2.45) is 0 Å². The number of benzene rings is 1. The summed E-state index contributed by atoms with van der Waals surface area (Å²) in [5.74, 6) is 0.0456. The molecule has 1 heterocycles. The van der Waals surface area contributed by atoms with Crippen LogP contribution in [0.1, 0.15) is 0 Å². The SMILES string of the molecule is O=C1CS(=O)Oc2ccccc2N1. The molecule has 0 saturated carbocycles. The summed E-state index contributed by atoms with van der Waals surface area (Å²) in [6, 6.07) is 6.90. The molecule has 0 aromatic heterocycles. The third-order valence-corrected chi connectivity index (χ3v) is 2.46. The van der Waals surface area contributed by atoms with Crippen LogP contribution in [-0.4, -0.2) is 15.9 Å². The molecule has 68 valence electrons. The minimum absolute atomic E-state index is 0.116. The van der Waals surface area contributed by atoms with Crippen molar-refractivity contribution in [1.29, 1.82) is 0 Å². The first kappa shape index (κ1) is 8.25. The number of carbonyl (C=O) groups is 1. The van der Waals surface area contributed by atoms with Gasteiger partial charge in [-0.1, -0.05) is 12.1 Å².